The Balaban J connectivity index is 0.000000323. The number of alkyl carbamates (subject to hydrolysis) is 1. The number of benzene rings is 1. The first-order valence-corrected chi connectivity index (χ1v) is 11.3. The molecule has 1 fully saturated rings. The number of hydrogen-bond donors (Lipinski definition) is 2. The van der Waals surface area contributed by atoms with Crippen molar-refractivity contribution < 1.29 is 23.0 Å². The molecule has 1 aromatic carbocycles. The quantitative estimate of drug-likeness (QED) is 0.665. The molecule has 2 aromatic rings. The van der Waals surface area contributed by atoms with Crippen molar-refractivity contribution in [3.63, 3.8) is 0 Å². The maximum Gasteiger partial charge on any atom is 0.407 e. The van der Waals surface area contributed by atoms with Gasteiger partial charge in [0.15, 0.2) is 0 Å². The number of amides is 1. The molecule has 7 nitrogen and oxygen atoms in total. The molecule has 2 atom stereocenters. The maximum atomic E-state index is 12.0. The van der Waals surface area contributed by atoms with Crippen LogP contribution in [0.1, 0.15) is 59.2 Å². The topological polar surface area (TPSA) is 79.5 Å². The van der Waals surface area contributed by atoms with E-state index in [1.54, 1.807) is 0 Å². The number of carbonyl (C=O) groups is 1. The molecule has 4 rings (SSSR count). The highest BCUT2D eigenvalue weighted by molar-refractivity contribution is 5.68. The Labute approximate surface area is 194 Å². The van der Waals surface area contributed by atoms with E-state index in [0.717, 1.165) is 43.8 Å². The van der Waals surface area contributed by atoms with Gasteiger partial charge in [0.25, 0.3) is 0 Å². The van der Waals surface area contributed by atoms with Gasteiger partial charge in [-0.25, -0.2) is 13.6 Å². The van der Waals surface area contributed by atoms with Crippen LogP contribution in [0.3, 0.4) is 0 Å². The molecule has 184 valence electrons. The molecule has 2 aliphatic rings. The Morgan fingerprint density at radius 2 is 1.82 bits per heavy atom. The summed E-state index contributed by atoms with van der Waals surface area (Å²) in [5.74, 6) is -0.821. The Hall–Kier alpha value is -2.52. The van der Waals surface area contributed by atoms with Crippen molar-refractivity contribution in [3.05, 3.63) is 53.4 Å². The van der Waals surface area contributed by atoms with E-state index in [0.29, 0.717) is 13.2 Å². The first-order chi connectivity index (χ1) is 15.5. The minimum Gasteiger partial charge on any atom is -0.444 e. The lowest BCUT2D eigenvalue weighted by Crippen LogP contribution is -2.57. The minimum atomic E-state index is -0.492. The van der Waals surface area contributed by atoms with E-state index in [9.17, 15) is 13.6 Å². The Bertz CT molecular complexity index is 841. The van der Waals surface area contributed by atoms with Crippen LogP contribution in [0.2, 0.25) is 0 Å². The van der Waals surface area contributed by atoms with Gasteiger partial charge in [-0.1, -0.05) is 13.8 Å². The molecule has 1 saturated heterocycles. The second-order valence-corrected chi connectivity index (χ2v) is 9.23. The van der Waals surface area contributed by atoms with Crippen molar-refractivity contribution in [2.45, 2.75) is 78.2 Å². The molecular formula is C24H36F2N4O3. The number of ether oxygens (including phenoxy) is 2. The van der Waals surface area contributed by atoms with Crippen LogP contribution in [0.4, 0.5) is 13.6 Å². The number of H-pyrrole nitrogens is 1. The standard InChI is InChI=1S/C16H26N4O3.C6H4F2.C2H6/c1-15(2,3)23-14(21)18-12-5-16(4,10-22-9-12)20-7-11-6-17-19-13(11)8-20;7-5-1-2-6(8)4-3-5;1-2/h6,12H,5,7-10H2,1-4H3,(H,17,19)(H,18,21);1-4H;1-2H3. The monoisotopic (exact) mass is 466 g/mol. The van der Waals surface area contributed by atoms with Crippen molar-refractivity contribution in [1.82, 2.24) is 20.4 Å². The van der Waals surface area contributed by atoms with E-state index in [1.165, 1.54) is 11.3 Å². The summed E-state index contributed by atoms with van der Waals surface area (Å²) in [7, 11) is 0. The summed E-state index contributed by atoms with van der Waals surface area (Å²) in [6.45, 7) is 14.7. The molecule has 1 aromatic heterocycles. The first-order valence-electron chi connectivity index (χ1n) is 11.3. The summed E-state index contributed by atoms with van der Waals surface area (Å²) in [5, 5.41) is 10.1. The van der Waals surface area contributed by atoms with Crippen LogP contribution in [0.15, 0.2) is 30.5 Å². The third-order valence-electron chi connectivity index (χ3n) is 5.22. The average Bonchev–Trinajstić information content (AvgIpc) is 3.34. The minimum absolute atomic E-state index is 0.0410. The Morgan fingerprint density at radius 3 is 2.36 bits per heavy atom. The lowest BCUT2D eigenvalue weighted by atomic mass is 9.90. The van der Waals surface area contributed by atoms with Gasteiger partial charge in [0, 0.05) is 24.2 Å². The van der Waals surface area contributed by atoms with Gasteiger partial charge >= 0.3 is 6.09 Å². The number of nitrogens with zero attached hydrogens (tertiary/aromatic N) is 2. The third-order valence-corrected chi connectivity index (χ3v) is 5.22. The van der Waals surface area contributed by atoms with Gasteiger partial charge in [-0.15, -0.1) is 0 Å². The van der Waals surface area contributed by atoms with Crippen molar-refractivity contribution in [2.24, 2.45) is 0 Å². The molecule has 2 N–H and O–H groups in total. The molecule has 0 aliphatic carbocycles. The summed E-state index contributed by atoms with van der Waals surface area (Å²) in [5.41, 5.74) is 1.81. The van der Waals surface area contributed by atoms with Crippen LogP contribution >= 0.6 is 0 Å². The molecule has 1 amide bonds. The number of fused-ring (bicyclic) bond motifs is 1. The molecular weight excluding hydrogens is 430 g/mol. The lowest BCUT2D eigenvalue weighted by Gasteiger charge is -2.44. The zero-order valence-corrected chi connectivity index (χ0v) is 20.4. The van der Waals surface area contributed by atoms with Gasteiger partial charge in [-0.3, -0.25) is 10.00 Å². The second-order valence-electron chi connectivity index (χ2n) is 9.23. The fourth-order valence-corrected chi connectivity index (χ4v) is 3.73. The van der Waals surface area contributed by atoms with Crippen molar-refractivity contribution >= 4 is 6.09 Å². The van der Waals surface area contributed by atoms with E-state index in [2.05, 4.69) is 27.3 Å². The molecule has 9 heteroatoms. The van der Waals surface area contributed by atoms with Gasteiger partial charge in [-0.05, 0) is 58.4 Å². The lowest BCUT2D eigenvalue weighted by molar-refractivity contribution is -0.0587. The number of aromatic nitrogens is 2. The largest absolute Gasteiger partial charge is 0.444 e. The number of halogens is 2. The molecule has 33 heavy (non-hydrogen) atoms. The van der Waals surface area contributed by atoms with E-state index >= 15 is 0 Å². The SMILES string of the molecule is CC.CC(C)(C)OC(=O)NC1COCC(C)(N2Cc3cn[nH]c3C2)C1.Fc1ccc(F)cc1. The van der Waals surface area contributed by atoms with Crippen LogP contribution in [-0.4, -0.2) is 51.6 Å². The number of aromatic amines is 1. The molecule has 0 bridgehead atoms. The van der Waals surface area contributed by atoms with Gasteiger partial charge in [0.05, 0.1) is 31.1 Å². The number of carbonyl (C=O) groups excluding carboxylic acids is 1. The van der Waals surface area contributed by atoms with Crippen LogP contribution < -0.4 is 5.32 Å². The zero-order valence-electron chi connectivity index (χ0n) is 20.4. The zero-order chi connectivity index (χ0) is 24.6. The number of rotatable bonds is 2. The normalized spacial score (nSPS) is 22.2. The highest BCUT2D eigenvalue weighted by Crippen LogP contribution is 2.33. The molecule has 0 radical (unpaired) electrons. The van der Waals surface area contributed by atoms with Gasteiger partial charge in [0.2, 0.25) is 0 Å². The summed E-state index contributed by atoms with van der Waals surface area (Å²) < 4.78 is 35.0. The third kappa shape index (κ3) is 8.08. The van der Waals surface area contributed by atoms with Gasteiger partial charge < -0.3 is 14.8 Å². The average molecular weight is 467 g/mol. The molecule has 0 saturated carbocycles. The van der Waals surface area contributed by atoms with E-state index < -0.39 is 17.2 Å². The summed E-state index contributed by atoms with van der Waals surface area (Å²) >= 11 is 0. The first kappa shape index (κ1) is 26.7. The van der Waals surface area contributed by atoms with E-state index in [1.807, 2.05) is 40.8 Å². The maximum absolute atomic E-state index is 12.0. The van der Waals surface area contributed by atoms with Gasteiger partial charge in [0.1, 0.15) is 17.2 Å². The van der Waals surface area contributed by atoms with E-state index in [4.69, 9.17) is 9.47 Å². The van der Waals surface area contributed by atoms with Crippen LogP contribution in [-0.2, 0) is 22.6 Å². The molecule has 3 heterocycles. The van der Waals surface area contributed by atoms with Crippen LogP contribution in [0.5, 0.6) is 0 Å². The number of hydrogen-bond acceptors (Lipinski definition) is 5. The van der Waals surface area contributed by atoms with Crippen LogP contribution in [0, 0.1) is 11.6 Å². The molecule has 2 aliphatic heterocycles. The van der Waals surface area contributed by atoms with Crippen molar-refractivity contribution in [1.29, 1.82) is 0 Å². The summed E-state index contributed by atoms with van der Waals surface area (Å²) in [6.07, 6.45) is 2.34. The molecule has 2 unspecified atom stereocenters. The molecule has 0 spiro atoms. The van der Waals surface area contributed by atoms with E-state index in [-0.39, 0.29) is 17.7 Å². The van der Waals surface area contributed by atoms with Gasteiger partial charge in [-0.2, -0.15) is 5.10 Å². The predicted octanol–water partition coefficient (Wildman–Crippen LogP) is 4.79. The smallest absolute Gasteiger partial charge is 0.407 e. The fourth-order valence-electron chi connectivity index (χ4n) is 3.73. The summed E-state index contributed by atoms with van der Waals surface area (Å²) in [4.78, 5) is 14.4. The summed E-state index contributed by atoms with van der Waals surface area (Å²) in [6, 6.07) is 4.27. The van der Waals surface area contributed by atoms with Crippen molar-refractivity contribution in [2.75, 3.05) is 13.2 Å². The Kier molecular flexibility index (Phi) is 9.36. The van der Waals surface area contributed by atoms with Crippen LogP contribution in [0.25, 0.3) is 0 Å². The predicted molar refractivity (Wildman–Crippen MR) is 123 cm³/mol. The highest BCUT2D eigenvalue weighted by atomic mass is 19.1. The second kappa shape index (κ2) is 11.6. The highest BCUT2D eigenvalue weighted by Gasteiger charge is 2.41. The Morgan fingerprint density at radius 1 is 1.21 bits per heavy atom. The number of nitrogens with one attached hydrogen (secondary N) is 2. The van der Waals surface area contributed by atoms with Crippen molar-refractivity contribution in [3.8, 4) is 0 Å². The fraction of sp³-hybridized carbons (Fsp3) is 0.583.